The van der Waals surface area contributed by atoms with E-state index < -0.39 is 5.92 Å². The van der Waals surface area contributed by atoms with Gasteiger partial charge in [-0.25, -0.2) is 0 Å². The Balaban J connectivity index is 1.21. The molecule has 2 heterocycles. The van der Waals surface area contributed by atoms with E-state index in [2.05, 4.69) is 52.0 Å². The topological polar surface area (TPSA) is 134 Å². The first kappa shape index (κ1) is 42.2. The molecule has 2 N–H and O–H groups in total. The normalized spacial score (nSPS) is 26.5. The van der Waals surface area contributed by atoms with Crippen LogP contribution in [0.4, 0.5) is 0 Å². The fourth-order valence-electron chi connectivity index (χ4n) is 9.79. The molecule has 2 aromatic heterocycles. The van der Waals surface area contributed by atoms with Crippen molar-refractivity contribution < 1.29 is 15.0 Å². The number of benzene rings is 2. The van der Waals surface area contributed by atoms with Gasteiger partial charge in [-0.05, 0) is 103 Å². The zero-order valence-corrected chi connectivity index (χ0v) is 34.4. The molecular weight excluding hydrogens is 719 g/mol. The van der Waals surface area contributed by atoms with Crippen LogP contribution in [0, 0.1) is 75.9 Å². The van der Waals surface area contributed by atoms with Crippen LogP contribution in [0.5, 0.6) is 0 Å². The minimum atomic E-state index is -0.556. The minimum Gasteiger partial charge on any atom is -0.396 e. The fraction of sp³-hybridized carbons (Fsp3) is 0.420. The van der Waals surface area contributed by atoms with Crippen molar-refractivity contribution in [3.8, 4) is 34.4 Å². The van der Waals surface area contributed by atoms with Gasteiger partial charge in [-0.1, -0.05) is 94.8 Å². The van der Waals surface area contributed by atoms with E-state index in [1.165, 1.54) is 0 Å². The highest BCUT2D eigenvalue weighted by atomic mass is 16.3. The van der Waals surface area contributed by atoms with Crippen LogP contribution in [0.15, 0.2) is 97.3 Å². The Labute approximate surface area is 344 Å². The molecule has 300 valence electrons. The second kappa shape index (κ2) is 19.4. The third-order valence-corrected chi connectivity index (χ3v) is 13.7. The molecule has 2 aliphatic carbocycles. The first-order valence-corrected chi connectivity index (χ1v) is 20.9. The van der Waals surface area contributed by atoms with Crippen molar-refractivity contribution in [2.24, 2.45) is 53.3 Å². The van der Waals surface area contributed by atoms with E-state index >= 15 is 0 Å². The highest BCUT2D eigenvalue weighted by molar-refractivity contribution is 5.79. The average molecular weight is 776 g/mol. The SMILES string of the molecule is C[C@H]1[C@H](/C=C/c2ccc(-c3ccccc3C#N)cn2)[C@H]([C@@H](CO)C(=O)N(C)[C@@H]2C[C@H](C)[C@@H](C)[C@H](/C=C/c3ccc(-c4ccccc4C#N)cn3)[C@@H]2CCO)CC[C@@H]1C. The second-order valence-corrected chi connectivity index (χ2v) is 16.8. The van der Waals surface area contributed by atoms with Gasteiger partial charge in [0.05, 0.1) is 47.2 Å². The number of nitrogens with zero attached hydrogens (tertiary/aromatic N) is 5. The number of amides is 1. The lowest BCUT2D eigenvalue weighted by molar-refractivity contribution is -0.145. The van der Waals surface area contributed by atoms with Gasteiger partial charge in [-0.3, -0.25) is 14.8 Å². The van der Waals surface area contributed by atoms with Crippen LogP contribution in [-0.4, -0.2) is 57.3 Å². The number of carbonyl (C=O) groups is 1. The van der Waals surface area contributed by atoms with Gasteiger partial charge in [-0.15, -0.1) is 0 Å². The number of aliphatic hydroxyl groups excluding tert-OH is 2. The minimum absolute atomic E-state index is 0.0219. The third kappa shape index (κ3) is 9.15. The number of rotatable bonds is 12. The number of nitriles is 2. The Morgan fingerprint density at radius 1 is 0.776 bits per heavy atom. The maximum Gasteiger partial charge on any atom is 0.228 e. The molecule has 1 amide bonds. The Morgan fingerprint density at radius 3 is 1.81 bits per heavy atom. The maximum atomic E-state index is 14.7. The molecule has 2 aromatic carbocycles. The number of hydrogen-bond acceptors (Lipinski definition) is 7. The molecule has 0 aliphatic heterocycles. The van der Waals surface area contributed by atoms with Crippen molar-refractivity contribution >= 4 is 18.1 Å². The number of hydrogen-bond donors (Lipinski definition) is 2. The molecule has 0 saturated heterocycles. The summed E-state index contributed by atoms with van der Waals surface area (Å²) in [4.78, 5) is 26.1. The number of carbonyl (C=O) groups excluding carboxylic acids is 1. The molecule has 0 unspecified atom stereocenters. The highest BCUT2D eigenvalue weighted by Crippen LogP contribution is 2.46. The summed E-state index contributed by atoms with van der Waals surface area (Å²) < 4.78 is 0. The molecule has 4 aromatic rings. The first-order valence-electron chi connectivity index (χ1n) is 20.9. The molecule has 0 spiro atoms. The number of allylic oxidation sites excluding steroid dienone is 2. The Hall–Kier alpha value is -5.41. The van der Waals surface area contributed by atoms with Crippen molar-refractivity contribution in [3.63, 3.8) is 0 Å². The Morgan fingerprint density at radius 2 is 1.31 bits per heavy atom. The van der Waals surface area contributed by atoms with E-state index in [0.717, 1.165) is 52.9 Å². The predicted molar refractivity (Wildman–Crippen MR) is 230 cm³/mol. The molecular formula is C50H57N5O3. The van der Waals surface area contributed by atoms with Crippen molar-refractivity contribution in [1.29, 1.82) is 10.5 Å². The molecule has 58 heavy (non-hydrogen) atoms. The monoisotopic (exact) mass is 775 g/mol. The third-order valence-electron chi connectivity index (χ3n) is 13.7. The summed E-state index contributed by atoms with van der Waals surface area (Å²) in [5.74, 6) is 0.998. The average Bonchev–Trinajstić information content (AvgIpc) is 3.26. The van der Waals surface area contributed by atoms with Crippen LogP contribution in [0.25, 0.3) is 34.4 Å². The van der Waals surface area contributed by atoms with E-state index in [4.69, 9.17) is 9.97 Å². The van der Waals surface area contributed by atoms with Gasteiger partial charge in [-0.2, -0.15) is 10.5 Å². The molecule has 0 radical (unpaired) electrons. The lowest BCUT2D eigenvalue weighted by atomic mass is 9.62. The molecule has 2 fully saturated rings. The summed E-state index contributed by atoms with van der Waals surface area (Å²) in [5.41, 5.74) is 6.30. The van der Waals surface area contributed by atoms with E-state index in [1.54, 1.807) is 12.4 Å². The molecule has 2 saturated carbocycles. The summed E-state index contributed by atoms with van der Waals surface area (Å²) >= 11 is 0. The van der Waals surface area contributed by atoms with E-state index in [0.29, 0.717) is 41.2 Å². The number of aromatic nitrogens is 2. The summed E-state index contributed by atoms with van der Waals surface area (Å²) in [7, 11) is 1.90. The van der Waals surface area contributed by atoms with Gasteiger partial charge in [0.15, 0.2) is 0 Å². The van der Waals surface area contributed by atoms with Crippen molar-refractivity contribution in [1.82, 2.24) is 14.9 Å². The van der Waals surface area contributed by atoms with E-state index in [-0.39, 0.29) is 48.8 Å². The van der Waals surface area contributed by atoms with Crippen LogP contribution in [0.3, 0.4) is 0 Å². The van der Waals surface area contributed by atoms with Crippen LogP contribution >= 0.6 is 0 Å². The smallest absolute Gasteiger partial charge is 0.228 e. The summed E-state index contributed by atoms with van der Waals surface area (Å²) in [6.45, 7) is 8.85. The lowest BCUT2D eigenvalue weighted by Gasteiger charge is -2.49. The van der Waals surface area contributed by atoms with Gasteiger partial charge in [0.1, 0.15) is 0 Å². The first-order chi connectivity index (χ1) is 28.1. The molecule has 6 rings (SSSR count). The lowest BCUT2D eigenvalue weighted by Crippen LogP contribution is -2.54. The predicted octanol–water partition coefficient (Wildman–Crippen LogP) is 9.31. The Kier molecular flexibility index (Phi) is 14.1. The van der Waals surface area contributed by atoms with Crippen molar-refractivity contribution in [3.05, 3.63) is 120 Å². The maximum absolute atomic E-state index is 14.7. The molecule has 8 heteroatoms. The summed E-state index contributed by atoms with van der Waals surface area (Å²) in [6.07, 6.45) is 15.3. The van der Waals surface area contributed by atoms with Gasteiger partial charge >= 0.3 is 0 Å². The molecule has 8 nitrogen and oxygen atoms in total. The van der Waals surface area contributed by atoms with Gasteiger partial charge < -0.3 is 15.1 Å². The van der Waals surface area contributed by atoms with Gasteiger partial charge in [0.25, 0.3) is 0 Å². The van der Waals surface area contributed by atoms with Crippen molar-refractivity contribution in [2.45, 2.75) is 59.4 Å². The summed E-state index contributed by atoms with van der Waals surface area (Å²) in [6, 6.07) is 27.4. The van der Waals surface area contributed by atoms with E-state index in [9.17, 15) is 25.5 Å². The highest BCUT2D eigenvalue weighted by Gasteiger charge is 2.46. The van der Waals surface area contributed by atoms with Crippen LogP contribution in [0.2, 0.25) is 0 Å². The van der Waals surface area contributed by atoms with Crippen LogP contribution < -0.4 is 0 Å². The standard InChI is InChI=1S/C50H57N5O3/c1-32-14-21-46(42(34(32)3)22-19-40-17-15-38(29-53-40)44-12-8-6-10-36(44)27-51)48(31-57)50(58)55(5)49-26-33(2)35(4)43(47(49)24-25-56)23-20-41-18-16-39(30-54-41)45-13-9-7-11-37(45)28-52/h6-13,15-20,22-23,29-30,32-35,42-43,46-49,56-57H,14,21,24-26,31H2,1-5H3/b22-19+,23-20+/t32-,33-,34+,35+,42-,43-,46+,47-,48+,49+/m0/s1. The van der Waals surface area contributed by atoms with Crippen molar-refractivity contribution in [2.75, 3.05) is 20.3 Å². The molecule has 0 bridgehead atoms. The van der Waals surface area contributed by atoms with E-state index in [1.807, 2.05) is 96.9 Å². The number of aliphatic hydroxyl groups is 2. The number of pyridine rings is 2. The fourth-order valence-corrected chi connectivity index (χ4v) is 9.79. The molecule has 10 atom stereocenters. The summed E-state index contributed by atoms with van der Waals surface area (Å²) in [5, 5.41) is 40.5. The van der Waals surface area contributed by atoms with Crippen LogP contribution in [-0.2, 0) is 4.79 Å². The Bertz CT molecular complexity index is 2150. The zero-order chi connectivity index (χ0) is 41.3. The quantitative estimate of drug-likeness (QED) is 0.147. The molecule has 2 aliphatic rings. The largest absolute Gasteiger partial charge is 0.396 e. The van der Waals surface area contributed by atoms with Crippen LogP contribution in [0.1, 0.15) is 75.9 Å². The second-order valence-electron chi connectivity index (χ2n) is 16.8. The van der Waals surface area contributed by atoms with Gasteiger partial charge in [0.2, 0.25) is 5.91 Å². The zero-order valence-electron chi connectivity index (χ0n) is 34.4. The van der Waals surface area contributed by atoms with Gasteiger partial charge in [0, 0.05) is 54.3 Å².